The van der Waals surface area contributed by atoms with Crippen LogP contribution in [0.25, 0.3) is 0 Å². The van der Waals surface area contributed by atoms with Gasteiger partial charge in [-0.25, -0.2) is 0 Å². The molecule has 3 nitrogen and oxygen atoms in total. The van der Waals surface area contributed by atoms with E-state index < -0.39 is 6.10 Å². The molecule has 2 aromatic carbocycles. The molecule has 0 aliphatic heterocycles. The van der Waals surface area contributed by atoms with Gasteiger partial charge in [-0.15, -0.1) is 6.58 Å². The van der Waals surface area contributed by atoms with Gasteiger partial charge in [-0.2, -0.15) is 0 Å². The predicted molar refractivity (Wildman–Crippen MR) is 94.3 cm³/mol. The molecule has 0 spiro atoms. The maximum Gasteiger partial charge on any atom is 0.0929 e. The van der Waals surface area contributed by atoms with Crippen LogP contribution in [0.1, 0.15) is 17.5 Å². The Morgan fingerprint density at radius 1 is 0.917 bits per heavy atom. The van der Waals surface area contributed by atoms with Gasteiger partial charge < -0.3 is 14.6 Å². The lowest BCUT2D eigenvalue weighted by Crippen LogP contribution is -2.31. The number of benzene rings is 2. The Labute approximate surface area is 143 Å². The summed E-state index contributed by atoms with van der Waals surface area (Å²) >= 11 is 0. The summed E-state index contributed by atoms with van der Waals surface area (Å²) in [5, 5.41) is 10.3. The van der Waals surface area contributed by atoms with Crippen molar-refractivity contribution in [3.63, 3.8) is 0 Å². The number of ether oxygens (including phenoxy) is 2. The Morgan fingerprint density at radius 2 is 1.46 bits per heavy atom. The molecule has 1 fully saturated rings. The average Bonchev–Trinajstić information content (AvgIpc) is 2.94. The third kappa shape index (κ3) is 4.12. The first-order valence-corrected chi connectivity index (χ1v) is 8.39. The van der Waals surface area contributed by atoms with Gasteiger partial charge in [0.15, 0.2) is 0 Å². The lowest BCUT2D eigenvalue weighted by molar-refractivity contribution is -0.0788. The van der Waals surface area contributed by atoms with Gasteiger partial charge in [0, 0.05) is 12.3 Å². The van der Waals surface area contributed by atoms with Gasteiger partial charge in [0.1, 0.15) is 0 Å². The number of aliphatic hydroxyl groups is 1. The lowest BCUT2D eigenvalue weighted by Gasteiger charge is -2.24. The molecule has 2 aromatic rings. The summed E-state index contributed by atoms with van der Waals surface area (Å²) in [6.45, 7) is 4.88. The van der Waals surface area contributed by atoms with Crippen molar-refractivity contribution >= 4 is 0 Å². The summed E-state index contributed by atoms with van der Waals surface area (Å²) in [5.74, 6) is -0.102. The van der Waals surface area contributed by atoms with Crippen LogP contribution in [0, 0.1) is 5.92 Å². The summed E-state index contributed by atoms with van der Waals surface area (Å²) in [5.41, 5.74) is 2.24. The second-order valence-corrected chi connectivity index (χ2v) is 6.21. The molecular formula is C21H24O3. The van der Waals surface area contributed by atoms with Gasteiger partial charge in [0.25, 0.3) is 0 Å². The minimum absolute atomic E-state index is 0.102. The minimum Gasteiger partial charge on any atom is -0.392 e. The maximum atomic E-state index is 10.3. The van der Waals surface area contributed by atoms with Crippen LogP contribution in [0.2, 0.25) is 0 Å². The first-order chi connectivity index (χ1) is 11.8. The molecule has 1 aliphatic carbocycles. The van der Waals surface area contributed by atoms with Gasteiger partial charge in [-0.1, -0.05) is 66.7 Å². The van der Waals surface area contributed by atoms with Gasteiger partial charge in [0.05, 0.1) is 31.5 Å². The zero-order valence-corrected chi connectivity index (χ0v) is 13.8. The van der Waals surface area contributed by atoms with Crippen molar-refractivity contribution in [3.05, 3.63) is 84.4 Å². The van der Waals surface area contributed by atoms with E-state index in [0.717, 1.165) is 11.1 Å². The minimum atomic E-state index is -0.468. The molecule has 126 valence electrons. The Hall–Kier alpha value is -1.94. The van der Waals surface area contributed by atoms with Crippen LogP contribution < -0.4 is 0 Å². The second-order valence-electron chi connectivity index (χ2n) is 6.21. The van der Waals surface area contributed by atoms with Crippen molar-refractivity contribution in [3.8, 4) is 0 Å². The molecule has 24 heavy (non-hydrogen) atoms. The van der Waals surface area contributed by atoms with Crippen molar-refractivity contribution < 1.29 is 14.6 Å². The zero-order valence-electron chi connectivity index (χ0n) is 13.8. The third-order valence-electron chi connectivity index (χ3n) is 4.53. The Balaban J connectivity index is 1.63. The molecule has 1 N–H and O–H groups in total. The summed E-state index contributed by atoms with van der Waals surface area (Å²) in [4.78, 5) is 0. The standard InChI is InChI=1S/C21H24O3/c1-2-18-19(22)13-20(23-14-16-9-5-3-6-10-16)21(18)24-15-17-11-7-4-8-12-17/h2-12,18-22H,1,13-15H2/t18-,19-,20+,21-/m0/s1. The maximum absolute atomic E-state index is 10.3. The quantitative estimate of drug-likeness (QED) is 0.789. The van der Waals surface area contributed by atoms with Crippen LogP contribution in [0.4, 0.5) is 0 Å². The summed E-state index contributed by atoms with van der Waals surface area (Å²) in [6, 6.07) is 20.1. The van der Waals surface area contributed by atoms with Crippen molar-refractivity contribution in [2.45, 2.75) is 37.9 Å². The Bertz CT molecular complexity index is 626. The van der Waals surface area contributed by atoms with E-state index in [4.69, 9.17) is 9.47 Å². The van der Waals surface area contributed by atoms with Crippen molar-refractivity contribution in [2.75, 3.05) is 0 Å². The molecule has 1 aliphatic rings. The third-order valence-corrected chi connectivity index (χ3v) is 4.53. The summed E-state index contributed by atoms with van der Waals surface area (Å²) < 4.78 is 12.2. The van der Waals surface area contributed by atoms with Crippen LogP contribution in [0.5, 0.6) is 0 Å². The van der Waals surface area contributed by atoms with E-state index in [0.29, 0.717) is 19.6 Å². The summed E-state index contributed by atoms with van der Waals surface area (Å²) in [7, 11) is 0. The fourth-order valence-electron chi connectivity index (χ4n) is 3.21. The number of hydrogen-bond donors (Lipinski definition) is 1. The number of aliphatic hydroxyl groups excluding tert-OH is 1. The molecular weight excluding hydrogens is 300 g/mol. The largest absolute Gasteiger partial charge is 0.392 e. The smallest absolute Gasteiger partial charge is 0.0929 e. The molecule has 0 radical (unpaired) electrons. The predicted octanol–water partition coefficient (Wildman–Crippen LogP) is 3.72. The van der Waals surface area contributed by atoms with E-state index >= 15 is 0 Å². The van der Waals surface area contributed by atoms with E-state index in [1.807, 2.05) is 60.7 Å². The molecule has 4 atom stereocenters. The van der Waals surface area contributed by atoms with Gasteiger partial charge in [-0.3, -0.25) is 0 Å². The fraction of sp³-hybridized carbons (Fsp3) is 0.333. The van der Waals surface area contributed by atoms with Crippen LogP contribution in [-0.4, -0.2) is 23.4 Å². The molecule has 0 saturated heterocycles. The lowest BCUT2D eigenvalue weighted by atomic mass is 10.0. The molecule has 0 heterocycles. The number of rotatable bonds is 7. The van der Waals surface area contributed by atoms with E-state index in [2.05, 4.69) is 6.58 Å². The normalized spacial score (nSPS) is 26.4. The second kappa shape index (κ2) is 8.25. The molecule has 3 heteroatoms. The first-order valence-electron chi connectivity index (χ1n) is 8.39. The van der Waals surface area contributed by atoms with Crippen LogP contribution in [-0.2, 0) is 22.7 Å². The van der Waals surface area contributed by atoms with Crippen LogP contribution >= 0.6 is 0 Å². The molecule has 1 saturated carbocycles. The van der Waals surface area contributed by atoms with Gasteiger partial charge in [0.2, 0.25) is 0 Å². The SMILES string of the molecule is C=C[C@@H]1[C@H](OCc2ccccc2)[C@H](OCc2ccccc2)C[C@@H]1O. The van der Waals surface area contributed by atoms with Crippen molar-refractivity contribution in [1.82, 2.24) is 0 Å². The van der Waals surface area contributed by atoms with Crippen LogP contribution in [0.3, 0.4) is 0 Å². The van der Waals surface area contributed by atoms with E-state index in [-0.39, 0.29) is 18.1 Å². The van der Waals surface area contributed by atoms with Crippen molar-refractivity contribution in [1.29, 1.82) is 0 Å². The molecule has 0 amide bonds. The molecule has 0 unspecified atom stereocenters. The summed E-state index contributed by atoms with van der Waals surface area (Å²) in [6.07, 6.45) is 1.58. The zero-order chi connectivity index (χ0) is 16.8. The highest BCUT2D eigenvalue weighted by Gasteiger charge is 2.42. The topological polar surface area (TPSA) is 38.7 Å². The van der Waals surface area contributed by atoms with E-state index in [1.54, 1.807) is 6.08 Å². The highest BCUT2D eigenvalue weighted by Crippen LogP contribution is 2.33. The monoisotopic (exact) mass is 324 g/mol. The van der Waals surface area contributed by atoms with E-state index in [9.17, 15) is 5.11 Å². The highest BCUT2D eigenvalue weighted by atomic mass is 16.5. The van der Waals surface area contributed by atoms with Gasteiger partial charge >= 0.3 is 0 Å². The van der Waals surface area contributed by atoms with Crippen molar-refractivity contribution in [2.24, 2.45) is 5.92 Å². The Kier molecular flexibility index (Phi) is 5.81. The fourth-order valence-corrected chi connectivity index (χ4v) is 3.21. The molecule has 0 aromatic heterocycles. The Morgan fingerprint density at radius 3 is 2.00 bits per heavy atom. The van der Waals surface area contributed by atoms with Crippen LogP contribution in [0.15, 0.2) is 73.3 Å². The van der Waals surface area contributed by atoms with Gasteiger partial charge in [-0.05, 0) is 11.1 Å². The molecule has 0 bridgehead atoms. The number of hydrogen-bond acceptors (Lipinski definition) is 3. The first kappa shape index (κ1) is 16.9. The highest BCUT2D eigenvalue weighted by molar-refractivity contribution is 5.15. The molecule has 3 rings (SSSR count). The van der Waals surface area contributed by atoms with E-state index in [1.165, 1.54) is 0 Å². The average molecular weight is 324 g/mol.